The van der Waals surface area contributed by atoms with Crippen LogP contribution in [0.15, 0.2) is 30.3 Å². The molecular formula is C18H21NO4S. The van der Waals surface area contributed by atoms with Crippen LogP contribution >= 0.6 is 0 Å². The molecule has 0 fully saturated rings. The molecule has 0 bridgehead atoms. The minimum Gasteiger partial charge on any atom is -0.453 e. The second-order valence-electron chi connectivity index (χ2n) is 6.25. The van der Waals surface area contributed by atoms with Gasteiger partial charge in [-0.25, -0.2) is 0 Å². The molecule has 3 rings (SSSR count). The fraction of sp³-hybridized carbons (Fsp3) is 0.333. The van der Waals surface area contributed by atoms with Gasteiger partial charge in [0.2, 0.25) is 0 Å². The standard InChI is InChI=1S/C18H21NO4S/c1-12-10-14(3)18-15(11-12)19(8-5-9-24(20,21)22)17-13(2)6-4-7-16(17)23-18/h4,6-7,10-11H,5,8-9H2,1-3H3,(H,20,21,22). The second-order valence-corrected chi connectivity index (χ2v) is 7.82. The summed E-state index contributed by atoms with van der Waals surface area (Å²) in [5.74, 6) is 1.30. The van der Waals surface area contributed by atoms with Crippen LogP contribution in [0, 0.1) is 20.8 Å². The maximum absolute atomic E-state index is 11.1. The van der Waals surface area contributed by atoms with E-state index >= 15 is 0 Å². The predicted molar refractivity (Wildman–Crippen MR) is 95.2 cm³/mol. The highest BCUT2D eigenvalue weighted by Crippen LogP contribution is 2.49. The SMILES string of the molecule is Cc1cc(C)c2c(c1)N(CCCS(=O)(=O)O)c1c(C)cccc1O2. The van der Waals surface area contributed by atoms with Crippen molar-refractivity contribution >= 4 is 21.5 Å². The molecule has 0 unspecified atom stereocenters. The van der Waals surface area contributed by atoms with Crippen molar-refractivity contribution in [3.8, 4) is 11.5 Å². The van der Waals surface area contributed by atoms with Gasteiger partial charge >= 0.3 is 0 Å². The Morgan fingerprint density at radius 3 is 2.58 bits per heavy atom. The van der Waals surface area contributed by atoms with Gasteiger partial charge in [-0.15, -0.1) is 0 Å². The van der Waals surface area contributed by atoms with E-state index < -0.39 is 10.1 Å². The molecule has 1 aliphatic heterocycles. The summed E-state index contributed by atoms with van der Waals surface area (Å²) in [6.07, 6.45) is 0.332. The number of rotatable bonds is 4. The van der Waals surface area contributed by atoms with Crippen LogP contribution in [-0.2, 0) is 10.1 Å². The lowest BCUT2D eigenvalue weighted by molar-refractivity contribution is 0.467. The lowest BCUT2D eigenvalue weighted by Gasteiger charge is -2.35. The van der Waals surface area contributed by atoms with Gasteiger partial charge in [0, 0.05) is 6.54 Å². The Kier molecular flexibility index (Phi) is 4.27. The van der Waals surface area contributed by atoms with Crippen molar-refractivity contribution in [2.45, 2.75) is 27.2 Å². The van der Waals surface area contributed by atoms with Crippen molar-refractivity contribution < 1.29 is 17.7 Å². The van der Waals surface area contributed by atoms with Crippen LogP contribution in [-0.4, -0.2) is 25.3 Å². The van der Waals surface area contributed by atoms with Crippen LogP contribution in [0.1, 0.15) is 23.1 Å². The van der Waals surface area contributed by atoms with Gasteiger partial charge in [0.15, 0.2) is 11.5 Å². The Hall–Kier alpha value is -2.05. The molecule has 0 spiro atoms. The van der Waals surface area contributed by atoms with Crippen LogP contribution in [0.25, 0.3) is 0 Å². The van der Waals surface area contributed by atoms with Crippen molar-refractivity contribution in [2.75, 3.05) is 17.2 Å². The highest BCUT2D eigenvalue weighted by atomic mass is 32.2. The van der Waals surface area contributed by atoms with Gasteiger partial charge in [0.1, 0.15) is 0 Å². The number of aryl methyl sites for hydroxylation is 3. The van der Waals surface area contributed by atoms with Crippen molar-refractivity contribution in [1.29, 1.82) is 0 Å². The Labute approximate surface area is 142 Å². The maximum atomic E-state index is 11.1. The molecule has 6 heteroatoms. The fourth-order valence-electron chi connectivity index (χ4n) is 3.19. The highest BCUT2D eigenvalue weighted by Gasteiger charge is 2.27. The van der Waals surface area contributed by atoms with Crippen molar-refractivity contribution in [3.05, 3.63) is 47.0 Å². The van der Waals surface area contributed by atoms with E-state index in [4.69, 9.17) is 9.29 Å². The van der Waals surface area contributed by atoms with Gasteiger partial charge in [-0.2, -0.15) is 8.42 Å². The molecule has 1 heterocycles. The molecule has 0 radical (unpaired) electrons. The van der Waals surface area contributed by atoms with Gasteiger partial charge in [-0.05, 0) is 56.0 Å². The van der Waals surface area contributed by atoms with Gasteiger partial charge < -0.3 is 9.64 Å². The van der Waals surface area contributed by atoms with E-state index in [1.807, 2.05) is 45.0 Å². The molecule has 0 atom stereocenters. The molecule has 128 valence electrons. The van der Waals surface area contributed by atoms with Gasteiger partial charge in [-0.3, -0.25) is 4.55 Å². The quantitative estimate of drug-likeness (QED) is 0.842. The van der Waals surface area contributed by atoms with Crippen molar-refractivity contribution in [1.82, 2.24) is 0 Å². The number of hydrogen-bond donors (Lipinski definition) is 1. The maximum Gasteiger partial charge on any atom is 0.264 e. The van der Waals surface area contributed by atoms with Crippen LogP contribution in [0.5, 0.6) is 11.5 Å². The van der Waals surface area contributed by atoms with E-state index in [0.717, 1.165) is 39.6 Å². The van der Waals surface area contributed by atoms with Gasteiger partial charge in [0.05, 0.1) is 17.1 Å². The molecule has 2 aromatic carbocycles. The molecule has 24 heavy (non-hydrogen) atoms. The zero-order valence-electron chi connectivity index (χ0n) is 14.0. The Bertz CT molecular complexity index is 890. The topological polar surface area (TPSA) is 66.8 Å². The number of hydrogen-bond acceptors (Lipinski definition) is 4. The molecule has 0 aromatic heterocycles. The minimum absolute atomic E-state index is 0.258. The average Bonchev–Trinajstić information content (AvgIpc) is 2.46. The highest BCUT2D eigenvalue weighted by molar-refractivity contribution is 7.85. The molecule has 1 aliphatic rings. The number of fused-ring (bicyclic) bond motifs is 2. The van der Waals surface area contributed by atoms with E-state index in [1.54, 1.807) is 0 Å². The normalized spacial score (nSPS) is 13.2. The second kappa shape index (κ2) is 6.11. The largest absolute Gasteiger partial charge is 0.453 e. The average molecular weight is 347 g/mol. The van der Waals surface area contributed by atoms with Crippen LogP contribution in [0.4, 0.5) is 11.4 Å². The zero-order valence-corrected chi connectivity index (χ0v) is 14.9. The summed E-state index contributed by atoms with van der Waals surface area (Å²) in [5, 5.41) is 0. The molecule has 0 aliphatic carbocycles. The van der Waals surface area contributed by atoms with Crippen molar-refractivity contribution in [2.24, 2.45) is 0 Å². The van der Waals surface area contributed by atoms with E-state index in [0.29, 0.717) is 13.0 Å². The number of para-hydroxylation sites is 1. The monoisotopic (exact) mass is 347 g/mol. The molecule has 1 N–H and O–H groups in total. The summed E-state index contributed by atoms with van der Waals surface area (Å²) in [6, 6.07) is 9.98. The summed E-state index contributed by atoms with van der Waals surface area (Å²) in [4.78, 5) is 2.09. The van der Waals surface area contributed by atoms with Crippen LogP contribution < -0.4 is 9.64 Å². The van der Waals surface area contributed by atoms with Gasteiger partial charge in [0.25, 0.3) is 10.1 Å². The first-order valence-corrected chi connectivity index (χ1v) is 9.48. The summed E-state index contributed by atoms with van der Waals surface area (Å²) in [7, 11) is -3.96. The first-order valence-electron chi connectivity index (χ1n) is 7.87. The third-order valence-corrected chi connectivity index (χ3v) is 4.96. The van der Waals surface area contributed by atoms with E-state index in [1.165, 1.54) is 0 Å². The number of nitrogens with zero attached hydrogens (tertiary/aromatic N) is 1. The van der Waals surface area contributed by atoms with E-state index in [9.17, 15) is 8.42 Å². The third-order valence-electron chi connectivity index (χ3n) is 4.16. The predicted octanol–water partition coefficient (Wildman–Crippen LogP) is 4.13. The Morgan fingerprint density at radius 2 is 1.88 bits per heavy atom. The van der Waals surface area contributed by atoms with E-state index in [-0.39, 0.29) is 5.75 Å². The van der Waals surface area contributed by atoms with Crippen LogP contribution in [0.2, 0.25) is 0 Å². The Balaban J connectivity index is 2.06. The minimum atomic E-state index is -3.96. The lowest BCUT2D eigenvalue weighted by atomic mass is 10.0. The Morgan fingerprint density at radius 1 is 1.12 bits per heavy atom. The molecule has 2 aromatic rings. The molecular weight excluding hydrogens is 326 g/mol. The first kappa shape index (κ1) is 16.8. The first-order chi connectivity index (χ1) is 11.3. The lowest BCUT2D eigenvalue weighted by Crippen LogP contribution is -2.25. The number of anilines is 2. The van der Waals surface area contributed by atoms with Crippen LogP contribution in [0.3, 0.4) is 0 Å². The fourth-order valence-corrected chi connectivity index (χ4v) is 3.69. The molecule has 0 saturated carbocycles. The molecule has 0 amide bonds. The smallest absolute Gasteiger partial charge is 0.264 e. The molecule has 5 nitrogen and oxygen atoms in total. The van der Waals surface area contributed by atoms with E-state index in [2.05, 4.69) is 11.0 Å². The third kappa shape index (κ3) is 3.25. The molecule has 0 saturated heterocycles. The zero-order chi connectivity index (χ0) is 17.5. The number of ether oxygens (including phenoxy) is 1. The number of benzene rings is 2. The summed E-state index contributed by atoms with van der Waals surface area (Å²) in [5.41, 5.74) is 5.10. The van der Waals surface area contributed by atoms with Gasteiger partial charge in [-0.1, -0.05) is 18.2 Å². The summed E-state index contributed by atoms with van der Waals surface area (Å²) >= 11 is 0. The summed E-state index contributed by atoms with van der Waals surface area (Å²) in [6.45, 7) is 6.52. The van der Waals surface area contributed by atoms with Crippen molar-refractivity contribution in [3.63, 3.8) is 0 Å². The summed E-state index contributed by atoms with van der Waals surface area (Å²) < 4.78 is 37.2.